The van der Waals surface area contributed by atoms with Gasteiger partial charge in [0.05, 0.1) is 6.61 Å². The van der Waals surface area contributed by atoms with Crippen LogP contribution in [0.2, 0.25) is 0 Å². The summed E-state index contributed by atoms with van der Waals surface area (Å²) in [5.41, 5.74) is 0. The lowest BCUT2D eigenvalue weighted by Crippen LogP contribution is -2.64. The first-order valence-electron chi connectivity index (χ1n) is 25.3. The summed E-state index contributed by atoms with van der Waals surface area (Å²) in [6.45, 7) is 3.29. The van der Waals surface area contributed by atoms with Crippen LogP contribution < -0.4 is 0 Å². The van der Waals surface area contributed by atoms with Gasteiger partial charge in [-0.3, -0.25) is 18.6 Å². The van der Waals surface area contributed by atoms with Gasteiger partial charge in [-0.2, -0.15) is 0 Å². The van der Waals surface area contributed by atoms with Crippen molar-refractivity contribution in [3.8, 4) is 0 Å². The van der Waals surface area contributed by atoms with Gasteiger partial charge in [0, 0.05) is 12.8 Å². The molecule has 1 rings (SSSR count). The summed E-state index contributed by atoms with van der Waals surface area (Å²) >= 11 is 0. The maximum atomic E-state index is 12.8. The van der Waals surface area contributed by atoms with Crippen molar-refractivity contribution in [3.05, 3.63) is 36.5 Å². The minimum atomic E-state index is -5.12. The molecule has 0 aromatic rings. The lowest BCUT2D eigenvalue weighted by molar-refractivity contribution is -0.220. The van der Waals surface area contributed by atoms with E-state index in [-0.39, 0.29) is 12.8 Å². The van der Waals surface area contributed by atoms with Crippen molar-refractivity contribution >= 4 is 19.8 Å². The predicted molar refractivity (Wildman–Crippen MR) is 253 cm³/mol. The number of allylic oxidation sites excluding steroid dienone is 6. The number of carbonyl (C=O) groups is 2. The molecule has 0 saturated heterocycles. The second-order valence-corrected chi connectivity index (χ2v) is 19.1. The van der Waals surface area contributed by atoms with Crippen LogP contribution in [0, 0.1) is 0 Å². The van der Waals surface area contributed by atoms with Crippen LogP contribution in [0.15, 0.2) is 36.5 Å². The first-order chi connectivity index (χ1) is 30.9. The third-order valence-electron chi connectivity index (χ3n) is 11.7. The van der Waals surface area contributed by atoms with E-state index in [0.29, 0.717) is 12.8 Å². The van der Waals surface area contributed by atoms with E-state index in [1.165, 1.54) is 89.9 Å². The van der Waals surface area contributed by atoms with Crippen molar-refractivity contribution in [2.45, 2.75) is 256 Å². The molecule has 13 nitrogen and oxygen atoms in total. The van der Waals surface area contributed by atoms with Gasteiger partial charge in [-0.25, -0.2) is 4.57 Å². The molecule has 0 aliphatic heterocycles. The average Bonchev–Trinajstić information content (AvgIpc) is 3.28. The van der Waals surface area contributed by atoms with Crippen LogP contribution in [0.5, 0.6) is 0 Å². The Morgan fingerprint density at radius 2 is 0.844 bits per heavy atom. The van der Waals surface area contributed by atoms with Gasteiger partial charge in [-0.15, -0.1) is 0 Å². The van der Waals surface area contributed by atoms with Gasteiger partial charge >= 0.3 is 19.8 Å². The molecule has 0 amide bonds. The van der Waals surface area contributed by atoms with Crippen LogP contribution in [0.25, 0.3) is 0 Å². The number of esters is 2. The molecule has 1 saturated carbocycles. The first kappa shape index (κ1) is 60.1. The minimum absolute atomic E-state index is 0.0875. The maximum Gasteiger partial charge on any atom is 0.472 e. The zero-order valence-electron chi connectivity index (χ0n) is 39.8. The highest BCUT2D eigenvalue weighted by molar-refractivity contribution is 7.47. The number of ether oxygens (including phenoxy) is 2. The van der Waals surface area contributed by atoms with Crippen LogP contribution in [0.4, 0.5) is 0 Å². The number of phosphoric ester groups is 1. The van der Waals surface area contributed by atoms with Crippen LogP contribution >= 0.6 is 7.82 Å². The molecule has 0 aromatic heterocycles. The number of aliphatic hydroxyl groups is 5. The van der Waals surface area contributed by atoms with E-state index in [0.717, 1.165) is 83.5 Å². The topological polar surface area (TPSA) is 210 Å². The molecule has 6 unspecified atom stereocenters. The predicted octanol–water partition coefficient (Wildman–Crippen LogP) is 10.6. The highest BCUT2D eigenvalue weighted by Crippen LogP contribution is 2.47. The van der Waals surface area contributed by atoms with E-state index in [1.807, 2.05) is 0 Å². The van der Waals surface area contributed by atoms with E-state index in [9.17, 15) is 44.6 Å². The standard InChI is InChI=1S/C50H91O13P/c1-3-5-7-9-11-13-15-17-19-21-23-25-27-29-31-33-35-37-39-44(52)62-42(41-61-64(58,59)63-50-48(56)46(54)45(53)47(55)49(50)57)40-60-43(51)38-36-34-32-30-28-26-24-22-20-18-16-14-12-10-8-6-4-2/h13,15,18-21,42,45-50,53-57H,3-12,14,16-17,22-41H2,1-2H3,(H,58,59)/b15-13-,20-18-,21-19-. The quantitative estimate of drug-likeness (QED) is 0.0146. The Bertz CT molecular complexity index is 1260. The second kappa shape index (κ2) is 40.2. The molecule has 64 heavy (non-hydrogen) atoms. The average molecular weight is 931 g/mol. The molecule has 0 spiro atoms. The van der Waals surface area contributed by atoms with Crippen LogP contribution in [-0.2, 0) is 32.7 Å². The molecule has 0 bridgehead atoms. The molecule has 6 N–H and O–H groups in total. The number of hydrogen-bond acceptors (Lipinski definition) is 12. The summed E-state index contributed by atoms with van der Waals surface area (Å²) in [6, 6.07) is 0. The van der Waals surface area contributed by atoms with Gasteiger partial charge in [0.1, 0.15) is 43.2 Å². The Hall–Kier alpha value is -1.93. The lowest BCUT2D eigenvalue weighted by Gasteiger charge is -2.41. The Morgan fingerprint density at radius 1 is 0.484 bits per heavy atom. The zero-order valence-corrected chi connectivity index (χ0v) is 40.7. The Balaban J connectivity index is 2.42. The third kappa shape index (κ3) is 31.9. The minimum Gasteiger partial charge on any atom is -0.462 e. The molecular formula is C50H91O13P. The van der Waals surface area contributed by atoms with Crippen LogP contribution in [0.1, 0.15) is 213 Å². The van der Waals surface area contributed by atoms with Crippen molar-refractivity contribution in [2.24, 2.45) is 0 Å². The first-order valence-corrected chi connectivity index (χ1v) is 26.8. The van der Waals surface area contributed by atoms with Gasteiger partial charge < -0.3 is 39.9 Å². The summed E-state index contributed by atoms with van der Waals surface area (Å²) in [4.78, 5) is 35.8. The van der Waals surface area contributed by atoms with Gasteiger partial charge in [0.25, 0.3) is 0 Å². The van der Waals surface area contributed by atoms with Crippen molar-refractivity contribution in [1.29, 1.82) is 0 Å². The largest absolute Gasteiger partial charge is 0.472 e. The molecule has 0 heterocycles. The molecular weight excluding hydrogens is 840 g/mol. The number of carbonyl (C=O) groups excluding carboxylic acids is 2. The SMILES string of the molecule is CCCCCC/C=C\C/C=C\CCCCCCCCCC(=O)OC(COC(=O)CCCCCCCCC/C=C\CCCCCCCC)COP(=O)(O)OC1C(O)C(O)C(O)C(O)C1O. The normalized spacial score (nSPS) is 21.8. The summed E-state index contributed by atoms with van der Waals surface area (Å²) in [5.74, 6) is -1.11. The number of rotatable bonds is 42. The molecule has 1 fully saturated rings. The van der Waals surface area contributed by atoms with Crippen molar-refractivity contribution in [3.63, 3.8) is 0 Å². The molecule has 1 aliphatic carbocycles. The smallest absolute Gasteiger partial charge is 0.462 e. The maximum absolute atomic E-state index is 12.8. The third-order valence-corrected chi connectivity index (χ3v) is 12.7. The van der Waals surface area contributed by atoms with Crippen LogP contribution in [0.3, 0.4) is 0 Å². The van der Waals surface area contributed by atoms with Gasteiger partial charge in [-0.1, -0.05) is 166 Å². The van der Waals surface area contributed by atoms with Crippen molar-refractivity contribution in [1.82, 2.24) is 0 Å². The van der Waals surface area contributed by atoms with Crippen molar-refractivity contribution in [2.75, 3.05) is 13.2 Å². The summed E-state index contributed by atoms with van der Waals surface area (Å²) < 4.78 is 33.6. The summed E-state index contributed by atoms with van der Waals surface area (Å²) in [7, 11) is -5.12. The fraction of sp³-hybridized carbons (Fsp3) is 0.840. The molecule has 374 valence electrons. The fourth-order valence-corrected chi connectivity index (χ4v) is 8.58. The summed E-state index contributed by atoms with van der Waals surface area (Å²) in [5, 5.41) is 50.2. The Kier molecular flexibility index (Phi) is 37.7. The highest BCUT2D eigenvalue weighted by atomic mass is 31.2. The van der Waals surface area contributed by atoms with Crippen molar-refractivity contribution < 1.29 is 63.1 Å². The van der Waals surface area contributed by atoms with E-state index < -0.39 is 75.7 Å². The monoisotopic (exact) mass is 931 g/mol. The Labute approximate surface area is 387 Å². The number of hydrogen-bond donors (Lipinski definition) is 6. The Morgan fingerprint density at radius 3 is 1.30 bits per heavy atom. The zero-order chi connectivity index (χ0) is 47.1. The van der Waals surface area contributed by atoms with E-state index in [4.69, 9.17) is 18.5 Å². The fourth-order valence-electron chi connectivity index (χ4n) is 7.61. The second-order valence-electron chi connectivity index (χ2n) is 17.7. The number of phosphoric acid groups is 1. The summed E-state index contributed by atoms with van der Waals surface area (Å²) in [6.07, 6.45) is 33.3. The van der Waals surface area contributed by atoms with Crippen LogP contribution in [-0.4, -0.2) is 98.3 Å². The van der Waals surface area contributed by atoms with E-state index in [2.05, 4.69) is 50.3 Å². The van der Waals surface area contributed by atoms with Gasteiger partial charge in [0.15, 0.2) is 6.10 Å². The number of unbranched alkanes of at least 4 members (excludes halogenated alkanes) is 24. The molecule has 1 aliphatic rings. The van der Waals surface area contributed by atoms with E-state index in [1.54, 1.807) is 0 Å². The lowest BCUT2D eigenvalue weighted by atomic mass is 9.85. The molecule has 6 atom stereocenters. The molecule has 0 aromatic carbocycles. The van der Waals surface area contributed by atoms with E-state index >= 15 is 0 Å². The molecule has 0 radical (unpaired) electrons. The number of aliphatic hydroxyl groups excluding tert-OH is 5. The van der Waals surface area contributed by atoms with Gasteiger partial charge in [0.2, 0.25) is 0 Å². The highest BCUT2D eigenvalue weighted by Gasteiger charge is 2.51. The van der Waals surface area contributed by atoms with Gasteiger partial charge in [-0.05, 0) is 70.6 Å². The molecule has 14 heteroatoms.